The van der Waals surface area contributed by atoms with Crippen LogP contribution in [0.1, 0.15) is 12.8 Å². The van der Waals surface area contributed by atoms with Gasteiger partial charge in [0.1, 0.15) is 0 Å². The molecular formula is C16H23ClN4O2. The zero-order chi connectivity index (χ0) is 16.7. The van der Waals surface area contributed by atoms with Crippen LogP contribution in [0.3, 0.4) is 0 Å². The largest absolute Gasteiger partial charge is 0.355 e. The van der Waals surface area contributed by atoms with Gasteiger partial charge in [0.2, 0.25) is 11.8 Å². The molecule has 1 aromatic rings. The van der Waals surface area contributed by atoms with Crippen molar-refractivity contribution in [3.63, 3.8) is 0 Å². The number of carbonyl (C=O) groups excluding carboxylic acids is 2. The summed E-state index contributed by atoms with van der Waals surface area (Å²) < 4.78 is 0. The first-order chi connectivity index (χ1) is 11.1. The molecule has 0 aliphatic carbocycles. The Morgan fingerprint density at radius 1 is 1.39 bits per heavy atom. The Morgan fingerprint density at radius 3 is 2.96 bits per heavy atom. The van der Waals surface area contributed by atoms with Gasteiger partial charge in [0, 0.05) is 30.3 Å². The summed E-state index contributed by atoms with van der Waals surface area (Å²) in [4.78, 5) is 26.1. The van der Waals surface area contributed by atoms with E-state index in [9.17, 15) is 9.59 Å². The van der Waals surface area contributed by atoms with Gasteiger partial charge in [0.15, 0.2) is 0 Å². The van der Waals surface area contributed by atoms with E-state index in [4.69, 9.17) is 17.3 Å². The number of hydrogen-bond donors (Lipinski definition) is 3. The molecule has 7 heteroatoms. The van der Waals surface area contributed by atoms with Crippen molar-refractivity contribution in [2.45, 2.75) is 12.8 Å². The highest BCUT2D eigenvalue weighted by molar-refractivity contribution is 6.30. The maximum Gasteiger partial charge on any atom is 0.238 e. The van der Waals surface area contributed by atoms with Crippen LogP contribution in [0.25, 0.3) is 0 Å². The highest BCUT2D eigenvalue weighted by Gasteiger charge is 2.26. The van der Waals surface area contributed by atoms with E-state index in [1.165, 1.54) is 0 Å². The molecule has 1 saturated heterocycles. The smallest absolute Gasteiger partial charge is 0.238 e. The molecule has 1 atom stereocenters. The Kier molecular flexibility index (Phi) is 6.83. The number of rotatable bonds is 6. The Morgan fingerprint density at radius 2 is 2.22 bits per heavy atom. The fourth-order valence-corrected chi connectivity index (χ4v) is 2.91. The van der Waals surface area contributed by atoms with Gasteiger partial charge in [-0.25, -0.2) is 0 Å². The van der Waals surface area contributed by atoms with E-state index in [1.54, 1.807) is 24.3 Å². The monoisotopic (exact) mass is 338 g/mol. The maximum atomic E-state index is 12.1. The van der Waals surface area contributed by atoms with E-state index >= 15 is 0 Å². The lowest BCUT2D eigenvalue weighted by Crippen LogP contribution is -2.46. The summed E-state index contributed by atoms with van der Waals surface area (Å²) in [5.41, 5.74) is 6.07. The molecule has 1 aliphatic heterocycles. The van der Waals surface area contributed by atoms with Crippen molar-refractivity contribution in [2.75, 3.05) is 38.0 Å². The third kappa shape index (κ3) is 5.82. The molecule has 0 bridgehead atoms. The average molecular weight is 339 g/mol. The van der Waals surface area contributed by atoms with Crippen molar-refractivity contribution in [1.29, 1.82) is 0 Å². The Hall–Kier alpha value is -1.63. The molecule has 126 valence electrons. The molecule has 2 amide bonds. The van der Waals surface area contributed by atoms with Gasteiger partial charge < -0.3 is 16.4 Å². The number of likely N-dealkylation sites (tertiary alicyclic amines) is 1. The molecule has 1 fully saturated rings. The van der Waals surface area contributed by atoms with Crippen molar-refractivity contribution in [1.82, 2.24) is 10.2 Å². The van der Waals surface area contributed by atoms with Crippen LogP contribution in [-0.2, 0) is 9.59 Å². The summed E-state index contributed by atoms with van der Waals surface area (Å²) in [7, 11) is 0. The number of halogens is 1. The van der Waals surface area contributed by atoms with Crippen LogP contribution in [-0.4, -0.2) is 49.4 Å². The third-order valence-corrected chi connectivity index (χ3v) is 4.03. The van der Waals surface area contributed by atoms with E-state index in [-0.39, 0.29) is 24.3 Å². The first-order valence-corrected chi connectivity index (χ1v) is 8.22. The minimum absolute atomic E-state index is 0.0235. The van der Waals surface area contributed by atoms with Gasteiger partial charge in [-0.2, -0.15) is 0 Å². The molecular weight excluding hydrogens is 316 g/mol. The van der Waals surface area contributed by atoms with E-state index < -0.39 is 0 Å². The highest BCUT2D eigenvalue weighted by Crippen LogP contribution is 2.17. The topological polar surface area (TPSA) is 87.5 Å². The number of benzene rings is 1. The first-order valence-electron chi connectivity index (χ1n) is 7.84. The first kappa shape index (κ1) is 17.7. The molecule has 1 aliphatic rings. The van der Waals surface area contributed by atoms with E-state index in [1.807, 2.05) is 4.90 Å². The minimum Gasteiger partial charge on any atom is -0.355 e. The van der Waals surface area contributed by atoms with E-state index in [0.29, 0.717) is 30.3 Å². The van der Waals surface area contributed by atoms with Gasteiger partial charge in [-0.15, -0.1) is 0 Å². The van der Waals surface area contributed by atoms with Crippen molar-refractivity contribution in [2.24, 2.45) is 11.7 Å². The van der Waals surface area contributed by atoms with Crippen LogP contribution in [0.15, 0.2) is 24.3 Å². The zero-order valence-electron chi connectivity index (χ0n) is 13.1. The number of piperidine rings is 1. The fourth-order valence-electron chi connectivity index (χ4n) is 2.72. The van der Waals surface area contributed by atoms with E-state index in [0.717, 1.165) is 19.4 Å². The number of nitrogens with two attached hydrogens (primary N) is 1. The molecule has 6 nitrogen and oxygen atoms in total. The van der Waals surface area contributed by atoms with Crippen molar-refractivity contribution in [3.8, 4) is 0 Å². The molecule has 1 unspecified atom stereocenters. The zero-order valence-corrected chi connectivity index (χ0v) is 13.8. The number of carbonyl (C=O) groups is 2. The lowest BCUT2D eigenvalue weighted by molar-refractivity contribution is -0.127. The van der Waals surface area contributed by atoms with Crippen molar-refractivity contribution < 1.29 is 9.59 Å². The number of nitrogens with one attached hydrogen (secondary N) is 2. The SMILES string of the molecule is NCCNC(=O)C1CCCN(CC(=O)Nc2cccc(Cl)c2)C1. The van der Waals surface area contributed by atoms with Crippen LogP contribution >= 0.6 is 11.6 Å². The fraction of sp³-hybridized carbons (Fsp3) is 0.500. The number of anilines is 1. The molecule has 1 heterocycles. The molecule has 4 N–H and O–H groups in total. The second kappa shape index (κ2) is 8.86. The van der Waals surface area contributed by atoms with Crippen molar-refractivity contribution >= 4 is 29.1 Å². The van der Waals surface area contributed by atoms with Crippen molar-refractivity contribution in [3.05, 3.63) is 29.3 Å². The summed E-state index contributed by atoms with van der Waals surface area (Å²) in [5.74, 6) is -0.153. The Labute approximate surface area is 141 Å². The van der Waals surface area contributed by atoms with Crippen LogP contribution in [0.5, 0.6) is 0 Å². The summed E-state index contributed by atoms with van der Waals surface area (Å²) in [5, 5.41) is 6.22. The standard InChI is InChI=1S/C16H23ClN4O2/c17-13-4-1-5-14(9-13)20-15(22)11-21-8-2-3-12(10-21)16(23)19-7-6-18/h1,4-5,9,12H,2-3,6-8,10-11,18H2,(H,19,23)(H,20,22). The van der Waals surface area contributed by atoms with E-state index in [2.05, 4.69) is 10.6 Å². The molecule has 0 spiro atoms. The molecule has 0 aromatic heterocycles. The Bertz CT molecular complexity index is 553. The third-order valence-electron chi connectivity index (χ3n) is 3.80. The number of nitrogens with zero attached hydrogens (tertiary/aromatic N) is 1. The summed E-state index contributed by atoms with van der Waals surface area (Å²) in [6, 6.07) is 7.05. The van der Waals surface area contributed by atoms with Gasteiger partial charge >= 0.3 is 0 Å². The Balaban J connectivity index is 1.82. The van der Waals surface area contributed by atoms with Gasteiger partial charge in [0.25, 0.3) is 0 Å². The highest BCUT2D eigenvalue weighted by atomic mass is 35.5. The maximum absolute atomic E-state index is 12.1. The molecule has 0 saturated carbocycles. The molecule has 2 rings (SSSR count). The van der Waals surface area contributed by atoms with Gasteiger partial charge in [-0.1, -0.05) is 17.7 Å². The predicted octanol–water partition coefficient (Wildman–Crippen LogP) is 1.07. The predicted molar refractivity (Wildman–Crippen MR) is 91.3 cm³/mol. The number of hydrogen-bond acceptors (Lipinski definition) is 4. The molecule has 23 heavy (non-hydrogen) atoms. The lowest BCUT2D eigenvalue weighted by Gasteiger charge is -2.31. The summed E-state index contributed by atoms with van der Waals surface area (Å²) in [6.07, 6.45) is 1.76. The van der Waals surface area contributed by atoms with Crippen LogP contribution < -0.4 is 16.4 Å². The minimum atomic E-state index is -0.102. The number of amides is 2. The lowest BCUT2D eigenvalue weighted by atomic mass is 9.97. The summed E-state index contributed by atoms with van der Waals surface area (Å²) >= 11 is 5.90. The van der Waals surface area contributed by atoms with Crippen LogP contribution in [0, 0.1) is 5.92 Å². The second-order valence-corrected chi connectivity index (χ2v) is 6.15. The second-order valence-electron chi connectivity index (χ2n) is 5.71. The van der Waals surface area contributed by atoms with Crippen LogP contribution in [0.2, 0.25) is 5.02 Å². The van der Waals surface area contributed by atoms with Gasteiger partial charge in [0.05, 0.1) is 12.5 Å². The van der Waals surface area contributed by atoms with Gasteiger partial charge in [-0.05, 0) is 37.6 Å². The normalized spacial score (nSPS) is 18.4. The quantitative estimate of drug-likeness (QED) is 0.724. The molecule has 0 radical (unpaired) electrons. The summed E-state index contributed by atoms with van der Waals surface area (Å²) in [6.45, 7) is 2.62. The van der Waals surface area contributed by atoms with Crippen LogP contribution in [0.4, 0.5) is 5.69 Å². The van der Waals surface area contributed by atoms with Gasteiger partial charge in [-0.3, -0.25) is 14.5 Å². The average Bonchev–Trinajstić information content (AvgIpc) is 2.52. The molecule has 1 aromatic carbocycles.